The highest BCUT2D eigenvalue weighted by atomic mass is 16.3. The highest BCUT2D eigenvalue weighted by Gasteiger charge is 2.61. The molecule has 2 N–H and O–H groups in total. The highest BCUT2D eigenvalue weighted by molar-refractivity contribution is 5.93. The summed E-state index contributed by atoms with van der Waals surface area (Å²) in [6, 6.07) is 0. The van der Waals surface area contributed by atoms with Crippen molar-refractivity contribution in [2.75, 3.05) is 13.2 Å². The first-order valence-corrected chi connectivity index (χ1v) is 8.14. The van der Waals surface area contributed by atoms with Crippen LogP contribution in [-0.4, -0.2) is 29.2 Å². The lowest BCUT2D eigenvalue weighted by molar-refractivity contribution is -0.146. The van der Waals surface area contributed by atoms with E-state index in [9.17, 15) is 15.0 Å². The average Bonchev–Trinajstić information content (AvgIpc) is 2.82. The summed E-state index contributed by atoms with van der Waals surface area (Å²) in [5, 5.41) is 19.2. The van der Waals surface area contributed by atoms with Gasteiger partial charge in [-0.2, -0.15) is 0 Å². The van der Waals surface area contributed by atoms with Crippen molar-refractivity contribution in [1.82, 2.24) is 0 Å². The van der Waals surface area contributed by atoms with Crippen molar-refractivity contribution in [2.45, 2.75) is 54.4 Å². The Bertz CT molecular complexity index is 505. The Hall–Kier alpha value is -0.930. The standard InChI is InChI=1S/C19H30O3/c1-16(2)13(11-20)7-9-18(16,5)15(22)19(6)10-8-14(12-21)17(19,3)4/h7-8,20-21H,9-12H2,1-6H3/t18-,19-/m1/s1. The fourth-order valence-electron chi connectivity index (χ4n) is 4.27. The maximum Gasteiger partial charge on any atom is 0.146 e. The molecule has 22 heavy (non-hydrogen) atoms. The van der Waals surface area contributed by atoms with Crippen LogP contribution in [0.15, 0.2) is 23.3 Å². The first kappa shape index (κ1) is 17.4. The molecule has 0 heterocycles. The molecule has 0 aromatic carbocycles. The lowest BCUT2D eigenvalue weighted by atomic mass is 9.53. The number of hydrogen-bond acceptors (Lipinski definition) is 3. The Kier molecular flexibility index (Phi) is 3.99. The topological polar surface area (TPSA) is 57.5 Å². The van der Waals surface area contributed by atoms with E-state index in [-0.39, 0.29) is 29.8 Å². The Morgan fingerprint density at radius 1 is 0.864 bits per heavy atom. The Morgan fingerprint density at radius 3 is 1.41 bits per heavy atom. The number of allylic oxidation sites excluding steroid dienone is 2. The van der Waals surface area contributed by atoms with E-state index < -0.39 is 10.8 Å². The summed E-state index contributed by atoms with van der Waals surface area (Å²) in [5.74, 6) is 0.245. The second-order valence-corrected chi connectivity index (χ2v) is 8.43. The zero-order valence-electron chi connectivity index (χ0n) is 14.8. The third kappa shape index (κ3) is 1.91. The van der Waals surface area contributed by atoms with Gasteiger partial charge < -0.3 is 10.2 Å². The maximum atomic E-state index is 13.6. The third-order valence-electron chi connectivity index (χ3n) is 7.22. The van der Waals surface area contributed by atoms with Crippen molar-refractivity contribution in [3.05, 3.63) is 23.3 Å². The molecule has 0 aliphatic heterocycles. The van der Waals surface area contributed by atoms with Gasteiger partial charge in [-0.15, -0.1) is 0 Å². The molecule has 2 aliphatic rings. The molecule has 0 unspecified atom stereocenters. The van der Waals surface area contributed by atoms with Crippen LogP contribution in [0.3, 0.4) is 0 Å². The quantitative estimate of drug-likeness (QED) is 0.784. The van der Waals surface area contributed by atoms with E-state index in [1.165, 1.54) is 0 Å². The fourth-order valence-corrected chi connectivity index (χ4v) is 4.27. The van der Waals surface area contributed by atoms with Crippen LogP contribution in [0.1, 0.15) is 54.4 Å². The van der Waals surface area contributed by atoms with Gasteiger partial charge in [-0.1, -0.05) is 53.7 Å². The number of Topliss-reactive ketones (excluding diaryl/α,β-unsaturated/α-hetero) is 1. The summed E-state index contributed by atoms with van der Waals surface area (Å²) in [7, 11) is 0. The van der Waals surface area contributed by atoms with Crippen LogP contribution < -0.4 is 0 Å². The molecule has 0 spiro atoms. The molecule has 2 rings (SSSR count). The van der Waals surface area contributed by atoms with E-state index in [1.807, 2.05) is 26.0 Å². The summed E-state index contributed by atoms with van der Waals surface area (Å²) in [4.78, 5) is 13.6. The van der Waals surface area contributed by atoms with Crippen LogP contribution in [0, 0.1) is 21.7 Å². The Morgan fingerprint density at radius 2 is 1.18 bits per heavy atom. The monoisotopic (exact) mass is 306 g/mol. The van der Waals surface area contributed by atoms with Crippen LogP contribution in [0.5, 0.6) is 0 Å². The van der Waals surface area contributed by atoms with Gasteiger partial charge in [0.2, 0.25) is 0 Å². The molecule has 0 amide bonds. The van der Waals surface area contributed by atoms with Gasteiger partial charge >= 0.3 is 0 Å². The molecule has 3 heteroatoms. The van der Waals surface area contributed by atoms with Crippen LogP contribution in [0.25, 0.3) is 0 Å². The van der Waals surface area contributed by atoms with Gasteiger partial charge in [0.05, 0.1) is 13.2 Å². The van der Waals surface area contributed by atoms with E-state index >= 15 is 0 Å². The van der Waals surface area contributed by atoms with E-state index in [4.69, 9.17) is 0 Å². The first-order chi connectivity index (χ1) is 9.99. The van der Waals surface area contributed by atoms with Gasteiger partial charge in [0.25, 0.3) is 0 Å². The van der Waals surface area contributed by atoms with Gasteiger partial charge in [0.15, 0.2) is 0 Å². The molecule has 0 saturated heterocycles. The summed E-state index contributed by atoms with van der Waals surface area (Å²) in [6.07, 6.45) is 5.41. The number of aliphatic hydroxyl groups is 2. The number of ketones is 1. The molecule has 2 aliphatic carbocycles. The lowest BCUT2D eigenvalue weighted by Gasteiger charge is -2.48. The van der Waals surface area contributed by atoms with Gasteiger partial charge in [0, 0.05) is 21.7 Å². The minimum Gasteiger partial charge on any atom is -0.392 e. The summed E-state index contributed by atoms with van der Waals surface area (Å²) < 4.78 is 0. The summed E-state index contributed by atoms with van der Waals surface area (Å²) in [5.41, 5.74) is 0.182. The maximum absolute atomic E-state index is 13.6. The number of aliphatic hydroxyl groups excluding tert-OH is 2. The molecule has 0 fully saturated rings. The second kappa shape index (κ2) is 5.04. The predicted molar refractivity (Wildman–Crippen MR) is 88.4 cm³/mol. The van der Waals surface area contributed by atoms with E-state index in [1.54, 1.807) is 0 Å². The minimum atomic E-state index is -0.518. The van der Waals surface area contributed by atoms with Crippen molar-refractivity contribution in [3.63, 3.8) is 0 Å². The molecule has 0 aromatic rings. The fraction of sp³-hybridized carbons (Fsp3) is 0.737. The van der Waals surface area contributed by atoms with E-state index in [2.05, 4.69) is 27.7 Å². The third-order valence-corrected chi connectivity index (χ3v) is 7.22. The van der Waals surface area contributed by atoms with Gasteiger partial charge in [0.1, 0.15) is 5.78 Å². The molecule has 0 radical (unpaired) electrons. The Balaban J connectivity index is 2.42. The molecular weight excluding hydrogens is 276 g/mol. The summed E-state index contributed by atoms with van der Waals surface area (Å²) >= 11 is 0. The van der Waals surface area contributed by atoms with Crippen molar-refractivity contribution in [3.8, 4) is 0 Å². The molecule has 0 bridgehead atoms. The first-order valence-electron chi connectivity index (χ1n) is 8.14. The molecular formula is C19H30O3. The summed E-state index contributed by atoms with van der Waals surface area (Å²) in [6.45, 7) is 12.3. The van der Waals surface area contributed by atoms with Gasteiger partial charge in [-0.3, -0.25) is 4.79 Å². The van der Waals surface area contributed by atoms with E-state index in [0.29, 0.717) is 12.8 Å². The van der Waals surface area contributed by atoms with Gasteiger partial charge in [-0.05, 0) is 24.0 Å². The van der Waals surface area contributed by atoms with Gasteiger partial charge in [-0.25, -0.2) is 0 Å². The smallest absolute Gasteiger partial charge is 0.146 e. The molecule has 124 valence electrons. The molecule has 0 saturated carbocycles. The van der Waals surface area contributed by atoms with Crippen LogP contribution >= 0.6 is 0 Å². The van der Waals surface area contributed by atoms with Crippen molar-refractivity contribution >= 4 is 5.78 Å². The highest BCUT2D eigenvalue weighted by Crippen LogP contribution is 2.61. The van der Waals surface area contributed by atoms with Crippen LogP contribution in [-0.2, 0) is 4.79 Å². The number of rotatable bonds is 4. The largest absolute Gasteiger partial charge is 0.392 e. The molecule has 0 aromatic heterocycles. The number of carbonyl (C=O) groups is 1. The van der Waals surface area contributed by atoms with Crippen molar-refractivity contribution in [1.29, 1.82) is 0 Å². The number of hydrogen-bond donors (Lipinski definition) is 2. The second-order valence-electron chi connectivity index (χ2n) is 8.43. The average molecular weight is 306 g/mol. The van der Waals surface area contributed by atoms with Crippen LogP contribution in [0.2, 0.25) is 0 Å². The normalized spacial score (nSPS) is 36.2. The minimum absolute atomic E-state index is 0.0100. The van der Waals surface area contributed by atoms with Crippen molar-refractivity contribution < 1.29 is 15.0 Å². The molecule has 2 atom stereocenters. The zero-order valence-corrected chi connectivity index (χ0v) is 14.8. The lowest BCUT2D eigenvalue weighted by Crippen LogP contribution is -2.52. The van der Waals surface area contributed by atoms with E-state index in [0.717, 1.165) is 11.1 Å². The number of carbonyl (C=O) groups excluding carboxylic acids is 1. The predicted octanol–water partition coefficient (Wildman–Crippen LogP) is 3.27. The Labute approximate surface area is 134 Å². The van der Waals surface area contributed by atoms with Crippen LogP contribution in [0.4, 0.5) is 0 Å². The van der Waals surface area contributed by atoms with Crippen molar-refractivity contribution in [2.24, 2.45) is 21.7 Å². The SMILES string of the molecule is CC1(C)C(CO)=CC[C@]1(C)C(=O)[C@@]1(C)CC=C(CO)C1(C)C. The molecule has 3 nitrogen and oxygen atoms in total. The zero-order chi connectivity index (χ0) is 17.0.